The van der Waals surface area contributed by atoms with Crippen LogP contribution in [0.5, 0.6) is 0 Å². The molecule has 0 heterocycles. The van der Waals surface area contributed by atoms with Gasteiger partial charge in [-0.15, -0.1) is 11.6 Å². The molecule has 0 aromatic rings. The topological polar surface area (TPSA) is 20.2 Å². The van der Waals surface area contributed by atoms with Crippen molar-refractivity contribution in [3.63, 3.8) is 0 Å². The molecule has 36 heavy (non-hydrogen) atoms. The van der Waals surface area contributed by atoms with Gasteiger partial charge in [-0.2, -0.15) is 0 Å². The number of aliphatic hydroxyl groups excluding tert-OH is 1. The molecule has 0 bridgehead atoms. The molecule has 0 unspecified atom stereocenters. The van der Waals surface area contributed by atoms with Gasteiger partial charge in [-0.3, -0.25) is 0 Å². The maximum absolute atomic E-state index is 8.78. The minimum Gasteiger partial charge on any atom is -0.396 e. The second kappa shape index (κ2) is 35.2. The van der Waals surface area contributed by atoms with Gasteiger partial charge in [0.2, 0.25) is 0 Å². The van der Waals surface area contributed by atoms with Gasteiger partial charge in [0, 0.05) is 12.5 Å². The lowest BCUT2D eigenvalue weighted by Gasteiger charge is -2.04. The van der Waals surface area contributed by atoms with E-state index in [0.29, 0.717) is 6.61 Å². The summed E-state index contributed by atoms with van der Waals surface area (Å²) in [5.74, 6) is 0.844. The maximum Gasteiger partial charge on any atom is 0.0431 e. The smallest absolute Gasteiger partial charge is 0.0431 e. The SMILES string of the molecule is OCCCCCCCCCCCCCCCCCCCCCCCCCCCCCCCCCCCl. The van der Waals surface area contributed by atoms with Crippen LogP contribution in [-0.4, -0.2) is 17.6 Å². The molecule has 0 rings (SSSR count). The molecule has 0 saturated carbocycles. The third kappa shape index (κ3) is 34.2. The zero-order valence-electron chi connectivity index (χ0n) is 24.9. The quantitative estimate of drug-likeness (QED) is 0.0662. The molecular formula is C34H69ClO. The zero-order chi connectivity index (χ0) is 26.0. The molecule has 0 amide bonds. The van der Waals surface area contributed by atoms with Crippen molar-refractivity contribution < 1.29 is 5.11 Å². The third-order valence-electron chi connectivity index (χ3n) is 8.04. The van der Waals surface area contributed by atoms with Gasteiger partial charge in [0.15, 0.2) is 0 Å². The summed E-state index contributed by atoms with van der Waals surface area (Å²) < 4.78 is 0. The van der Waals surface area contributed by atoms with Crippen LogP contribution in [0.2, 0.25) is 0 Å². The van der Waals surface area contributed by atoms with Crippen LogP contribution in [0.1, 0.15) is 205 Å². The number of hydrogen-bond acceptors (Lipinski definition) is 1. The zero-order valence-corrected chi connectivity index (χ0v) is 25.6. The van der Waals surface area contributed by atoms with Crippen LogP contribution in [0.15, 0.2) is 0 Å². The van der Waals surface area contributed by atoms with Gasteiger partial charge < -0.3 is 5.11 Å². The van der Waals surface area contributed by atoms with Gasteiger partial charge in [0.25, 0.3) is 0 Å². The average molecular weight is 529 g/mol. The first-order valence-electron chi connectivity index (χ1n) is 17.1. The lowest BCUT2D eigenvalue weighted by molar-refractivity contribution is 0.282. The Hall–Kier alpha value is 0.250. The van der Waals surface area contributed by atoms with Crippen LogP contribution in [-0.2, 0) is 0 Å². The highest BCUT2D eigenvalue weighted by Crippen LogP contribution is 2.16. The summed E-state index contributed by atoms with van der Waals surface area (Å²) in [7, 11) is 0. The van der Waals surface area contributed by atoms with Crippen molar-refractivity contribution in [2.24, 2.45) is 0 Å². The summed E-state index contributed by atoms with van der Waals surface area (Å²) in [6.45, 7) is 0.373. The second-order valence-corrected chi connectivity index (χ2v) is 12.1. The highest BCUT2D eigenvalue weighted by molar-refractivity contribution is 6.17. The first-order chi connectivity index (χ1) is 17.9. The van der Waals surface area contributed by atoms with E-state index >= 15 is 0 Å². The van der Waals surface area contributed by atoms with Crippen molar-refractivity contribution in [2.45, 2.75) is 205 Å². The molecule has 218 valence electrons. The van der Waals surface area contributed by atoms with E-state index in [-0.39, 0.29) is 0 Å². The molecular weight excluding hydrogens is 460 g/mol. The van der Waals surface area contributed by atoms with Crippen LogP contribution in [0, 0.1) is 0 Å². The molecule has 0 fully saturated rings. The van der Waals surface area contributed by atoms with Gasteiger partial charge in [0.1, 0.15) is 0 Å². The molecule has 1 N–H and O–H groups in total. The number of alkyl halides is 1. The van der Waals surface area contributed by atoms with Gasteiger partial charge in [-0.05, 0) is 12.8 Å². The van der Waals surface area contributed by atoms with Crippen molar-refractivity contribution in [2.75, 3.05) is 12.5 Å². The molecule has 0 aromatic heterocycles. The Bertz CT molecular complexity index is 325. The summed E-state index contributed by atoms with van der Waals surface area (Å²) in [5.41, 5.74) is 0. The Morgan fingerprint density at radius 3 is 0.500 bits per heavy atom. The molecule has 0 spiro atoms. The predicted octanol–water partition coefficient (Wildman–Crippen LogP) is 12.7. The number of halogens is 1. The molecule has 0 aliphatic rings. The van der Waals surface area contributed by atoms with Crippen LogP contribution in [0.25, 0.3) is 0 Å². The lowest BCUT2D eigenvalue weighted by atomic mass is 10.0. The largest absolute Gasteiger partial charge is 0.396 e. The molecule has 0 aliphatic heterocycles. The summed E-state index contributed by atoms with van der Waals surface area (Å²) >= 11 is 5.72. The molecule has 2 heteroatoms. The molecule has 0 aliphatic carbocycles. The van der Waals surface area contributed by atoms with Crippen molar-refractivity contribution in [3.8, 4) is 0 Å². The van der Waals surface area contributed by atoms with E-state index in [0.717, 1.165) is 12.3 Å². The van der Waals surface area contributed by atoms with Crippen molar-refractivity contribution in [1.29, 1.82) is 0 Å². The predicted molar refractivity (Wildman–Crippen MR) is 166 cm³/mol. The highest BCUT2D eigenvalue weighted by Gasteiger charge is 1.97. The summed E-state index contributed by atoms with van der Waals surface area (Å²) in [5, 5.41) is 8.78. The summed E-state index contributed by atoms with van der Waals surface area (Å²) in [4.78, 5) is 0. The molecule has 0 atom stereocenters. The molecule has 1 nitrogen and oxygen atoms in total. The standard InChI is InChI=1S/C34H69ClO/c35-33-31-29-27-25-23-21-19-17-15-13-11-9-7-5-3-1-2-4-6-8-10-12-14-16-18-20-22-24-26-28-30-32-34-36/h36H,1-34H2. The highest BCUT2D eigenvalue weighted by atomic mass is 35.5. The van der Waals surface area contributed by atoms with Crippen LogP contribution in [0.4, 0.5) is 0 Å². The Labute approximate surface area is 234 Å². The number of hydrogen-bond donors (Lipinski definition) is 1. The molecule has 0 aromatic carbocycles. The average Bonchev–Trinajstić information content (AvgIpc) is 2.89. The van der Waals surface area contributed by atoms with Crippen molar-refractivity contribution in [1.82, 2.24) is 0 Å². The monoisotopic (exact) mass is 529 g/mol. The fraction of sp³-hybridized carbons (Fsp3) is 1.00. The van der Waals surface area contributed by atoms with Gasteiger partial charge >= 0.3 is 0 Å². The second-order valence-electron chi connectivity index (χ2n) is 11.7. The Balaban J connectivity index is 3.00. The maximum atomic E-state index is 8.78. The van der Waals surface area contributed by atoms with Crippen LogP contribution >= 0.6 is 11.6 Å². The van der Waals surface area contributed by atoms with E-state index in [1.807, 2.05) is 0 Å². The normalized spacial score (nSPS) is 11.5. The van der Waals surface area contributed by atoms with Crippen LogP contribution < -0.4 is 0 Å². The van der Waals surface area contributed by atoms with Crippen molar-refractivity contribution >= 4 is 11.6 Å². The van der Waals surface area contributed by atoms with E-state index in [1.165, 1.54) is 199 Å². The third-order valence-corrected chi connectivity index (χ3v) is 8.31. The molecule has 0 radical (unpaired) electrons. The number of unbranched alkanes of at least 4 members (excludes halogenated alkanes) is 31. The van der Waals surface area contributed by atoms with E-state index in [2.05, 4.69) is 0 Å². The fourth-order valence-electron chi connectivity index (χ4n) is 5.51. The summed E-state index contributed by atoms with van der Waals surface area (Å²) in [6.07, 6.45) is 45.4. The first kappa shape index (κ1) is 36.2. The Morgan fingerprint density at radius 1 is 0.222 bits per heavy atom. The van der Waals surface area contributed by atoms with Gasteiger partial charge in [-0.1, -0.05) is 193 Å². The fourth-order valence-corrected chi connectivity index (χ4v) is 5.70. The van der Waals surface area contributed by atoms with E-state index in [1.54, 1.807) is 0 Å². The van der Waals surface area contributed by atoms with Crippen LogP contribution in [0.3, 0.4) is 0 Å². The minimum absolute atomic E-state index is 0.373. The van der Waals surface area contributed by atoms with E-state index in [9.17, 15) is 0 Å². The van der Waals surface area contributed by atoms with Crippen molar-refractivity contribution in [3.05, 3.63) is 0 Å². The van der Waals surface area contributed by atoms with E-state index < -0.39 is 0 Å². The first-order valence-corrected chi connectivity index (χ1v) is 17.6. The van der Waals surface area contributed by atoms with E-state index in [4.69, 9.17) is 16.7 Å². The van der Waals surface area contributed by atoms with Gasteiger partial charge in [0.05, 0.1) is 0 Å². The van der Waals surface area contributed by atoms with Gasteiger partial charge in [-0.25, -0.2) is 0 Å². The molecule has 0 saturated heterocycles. The minimum atomic E-state index is 0.373. The summed E-state index contributed by atoms with van der Waals surface area (Å²) in [6, 6.07) is 0. The Kier molecular flexibility index (Phi) is 35.5. The number of rotatable bonds is 33. The Morgan fingerprint density at radius 2 is 0.361 bits per heavy atom. The number of aliphatic hydroxyl groups is 1. The lowest BCUT2D eigenvalue weighted by Crippen LogP contribution is -1.85.